The summed E-state index contributed by atoms with van der Waals surface area (Å²) in [5.74, 6) is 2.29. The second kappa shape index (κ2) is 10.9. The van der Waals surface area contributed by atoms with Crippen LogP contribution >= 0.6 is 15.8 Å². The molecule has 0 aliphatic carbocycles. The zero-order chi connectivity index (χ0) is 29.8. The Morgan fingerprint density at radius 3 is 1.62 bits per heavy atom. The van der Waals surface area contributed by atoms with E-state index in [-0.39, 0.29) is 22.0 Å². The lowest BCUT2D eigenvalue weighted by atomic mass is 10.0. The van der Waals surface area contributed by atoms with E-state index in [9.17, 15) is 0 Å². The van der Waals surface area contributed by atoms with Gasteiger partial charge >= 0.3 is 0 Å². The highest BCUT2D eigenvalue weighted by Gasteiger charge is 2.48. The summed E-state index contributed by atoms with van der Waals surface area (Å²) in [5.41, 5.74) is 5.53. The number of pyridine rings is 2. The Morgan fingerprint density at radius 1 is 0.667 bits per heavy atom. The molecule has 5 nitrogen and oxygen atoms in total. The minimum absolute atomic E-state index is 0.00150. The molecule has 4 atom stereocenters. The molecule has 6 rings (SSSR count). The summed E-state index contributed by atoms with van der Waals surface area (Å²) >= 11 is 0. The molecule has 2 aromatic heterocycles. The molecule has 4 aromatic rings. The number of hydrogen-bond acceptors (Lipinski definition) is 5. The van der Waals surface area contributed by atoms with Crippen LogP contribution in [0.5, 0.6) is 17.4 Å². The number of fused-ring (bicyclic) bond motifs is 2. The third kappa shape index (κ3) is 5.10. The van der Waals surface area contributed by atoms with E-state index >= 15 is 0 Å². The van der Waals surface area contributed by atoms with Crippen molar-refractivity contribution < 1.29 is 14.2 Å². The molecule has 0 fully saturated rings. The number of ether oxygens (including phenoxy) is 3. The number of nitrogens with zero attached hydrogens (tertiary/aromatic N) is 2. The maximum absolute atomic E-state index is 6.84. The average Bonchev–Trinajstić information content (AvgIpc) is 3.57. The van der Waals surface area contributed by atoms with Crippen LogP contribution < -0.4 is 24.8 Å². The van der Waals surface area contributed by atoms with Gasteiger partial charge in [0.05, 0.1) is 18.5 Å². The topological polar surface area (TPSA) is 53.5 Å². The van der Waals surface area contributed by atoms with Gasteiger partial charge in [-0.1, -0.05) is 84.9 Å². The SMILES string of the molecule is CCc1cccc([C@@H]2Oc3cccc(-c4cccc5c4[P@](C(C)(C)C)[C@H](c4cccc(OC)n4)O5)c3[P@]2C(C)(C)C)n1. The summed E-state index contributed by atoms with van der Waals surface area (Å²) in [7, 11) is 0.0991. The zero-order valence-electron chi connectivity index (χ0n) is 25.8. The van der Waals surface area contributed by atoms with Gasteiger partial charge < -0.3 is 14.2 Å². The minimum Gasteiger partial charge on any atom is -0.481 e. The van der Waals surface area contributed by atoms with Gasteiger partial charge in [0.1, 0.15) is 11.5 Å². The Balaban J connectivity index is 1.52. The highest BCUT2D eigenvalue weighted by Crippen LogP contribution is 2.68. The molecule has 2 aromatic carbocycles. The van der Waals surface area contributed by atoms with E-state index in [0.717, 1.165) is 35.0 Å². The van der Waals surface area contributed by atoms with Gasteiger partial charge in [-0.3, -0.25) is 4.98 Å². The summed E-state index contributed by atoms with van der Waals surface area (Å²) < 4.78 is 19.1. The van der Waals surface area contributed by atoms with Gasteiger partial charge in [0.2, 0.25) is 5.88 Å². The van der Waals surface area contributed by atoms with Crippen molar-refractivity contribution >= 4 is 26.5 Å². The largest absolute Gasteiger partial charge is 0.481 e. The first-order valence-electron chi connectivity index (χ1n) is 14.7. The van der Waals surface area contributed by atoms with E-state index in [2.05, 4.69) is 109 Å². The summed E-state index contributed by atoms with van der Waals surface area (Å²) in [6, 6.07) is 25.4. The van der Waals surface area contributed by atoms with Gasteiger partial charge in [0.25, 0.3) is 0 Å². The number of aromatic nitrogens is 2. The fourth-order valence-electron chi connectivity index (χ4n) is 6.02. The van der Waals surface area contributed by atoms with E-state index < -0.39 is 15.8 Å². The molecular weight excluding hydrogens is 558 g/mol. The van der Waals surface area contributed by atoms with Crippen molar-refractivity contribution in [3.63, 3.8) is 0 Å². The number of hydrogen-bond donors (Lipinski definition) is 0. The van der Waals surface area contributed by atoms with Crippen LogP contribution in [0.25, 0.3) is 11.1 Å². The van der Waals surface area contributed by atoms with Gasteiger partial charge in [-0.25, -0.2) is 4.98 Å². The Hall–Kier alpha value is -3.00. The van der Waals surface area contributed by atoms with Crippen LogP contribution in [0, 0.1) is 0 Å². The molecule has 0 amide bonds. The van der Waals surface area contributed by atoms with E-state index in [1.807, 2.05) is 12.1 Å². The Morgan fingerprint density at radius 2 is 1.14 bits per heavy atom. The van der Waals surface area contributed by atoms with E-state index in [0.29, 0.717) is 5.88 Å². The lowest BCUT2D eigenvalue weighted by Gasteiger charge is -2.34. The van der Waals surface area contributed by atoms with Gasteiger partial charge in [-0.2, -0.15) is 0 Å². The van der Waals surface area contributed by atoms with Crippen LogP contribution in [-0.2, 0) is 6.42 Å². The molecule has 0 saturated heterocycles. The third-order valence-electron chi connectivity index (χ3n) is 7.81. The van der Waals surface area contributed by atoms with Crippen LogP contribution in [-0.4, -0.2) is 27.4 Å². The molecule has 0 radical (unpaired) electrons. The van der Waals surface area contributed by atoms with Gasteiger partial charge in [0, 0.05) is 22.4 Å². The molecule has 7 heteroatoms. The number of rotatable bonds is 5. The van der Waals surface area contributed by atoms with Crippen molar-refractivity contribution in [2.45, 2.75) is 76.9 Å². The highest BCUT2D eigenvalue weighted by molar-refractivity contribution is 7.69. The standard InChI is InChI=1S/C35H40N2O3P2/c1-9-22-14-10-17-25(36-22)32-39-27-19-11-15-23(30(27)41(32)34(2,3)4)24-16-12-20-28-31(24)42(35(5,6)7)33(40-28)26-18-13-21-29(37-26)38-8/h10-21,32-33H,9H2,1-8H3/t32-,33-,41+,42+/m1/s1. The molecule has 42 heavy (non-hydrogen) atoms. The predicted octanol–water partition coefficient (Wildman–Crippen LogP) is 8.71. The summed E-state index contributed by atoms with van der Waals surface area (Å²) in [6.45, 7) is 16.2. The molecule has 4 heterocycles. The quantitative estimate of drug-likeness (QED) is 0.215. The number of methoxy groups -OCH3 is 1. The average molecular weight is 599 g/mol. The maximum atomic E-state index is 6.84. The van der Waals surface area contributed by atoms with Crippen molar-refractivity contribution in [3.05, 3.63) is 89.9 Å². The highest BCUT2D eigenvalue weighted by atomic mass is 31.1. The van der Waals surface area contributed by atoms with Crippen molar-refractivity contribution in [2.24, 2.45) is 0 Å². The lowest BCUT2D eigenvalue weighted by Crippen LogP contribution is -2.24. The Bertz CT molecular complexity index is 1500. The molecule has 0 spiro atoms. The van der Waals surface area contributed by atoms with Gasteiger partial charge in [-0.05, 0) is 74.0 Å². The fraction of sp³-hybridized carbons (Fsp3) is 0.371. The fourth-order valence-corrected chi connectivity index (χ4v) is 12.1. The third-order valence-corrected chi connectivity index (χ3v) is 14.3. The molecule has 2 aliphatic rings. The zero-order valence-corrected chi connectivity index (χ0v) is 27.6. The van der Waals surface area contributed by atoms with E-state index in [4.69, 9.17) is 24.2 Å². The molecule has 218 valence electrons. The molecular formula is C35H40N2O3P2. The van der Waals surface area contributed by atoms with Crippen molar-refractivity contribution in [1.29, 1.82) is 0 Å². The normalized spacial score (nSPS) is 21.3. The van der Waals surface area contributed by atoms with Crippen LogP contribution in [0.2, 0.25) is 0 Å². The smallest absolute Gasteiger partial charge is 0.213 e. The first-order valence-corrected chi connectivity index (χ1v) is 17.5. The van der Waals surface area contributed by atoms with E-state index in [1.165, 1.54) is 21.7 Å². The van der Waals surface area contributed by atoms with Crippen LogP contribution in [0.3, 0.4) is 0 Å². The van der Waals surface area contributed by atoms with Crippen molar-refractivity contribution in [1.82, 2.24) is 9.97 Å². The molecule has 0 saturated carbocycles. The van der Waals surface area contributed by atoms with Crippen molar-refractivity contribution in [3.8, 4) is 28.5 Å². The maximum Gasteiger partial charge on any atom is 0.213 e. The van der Waals surface area contributed by atoms with Gasteiger partial charge in [0.15, 0.2) is 11.7 Å². The Kier molecular flexibility index (Phi) is 7.57. The second-order valence-electron chi connectivity index (χ2n) is 12.8. The predicted molar refractivity (Wildman–Crippen MR) is 176 cm³/mol. The van der Waals surface area contributed by atoms with E-state index in [1.54, 1.807) is 7.11 Å². The number of aryl methyl sites for hydroxylation is 1. The number of benzene rings is 2. The van der Waals surface area contributed by atoms with Gasteiger partial charge in [-0.15, -0.1) is 0 Å². The lowest BCUT2D eigenvalue weighted by molar-refractivity contribution is 0.292. The molecule has 2 aliphatic heterocycles. The molecule has 0 N–H and O–H groups in total. The molecule has 0 unspecified atom stereocenters. The monoisotopic (exact) mass is 598 g/mol. The van der Waals surface area contributed by atoms with Crippen LogP contribution in [0.15, 0.2) is 72.8 Å². The minimum atomic E-state index is -0.800. The second-order valence-corrected chi connectivity index (χ2v) is 18.8. The van der Waals surface area contributed by atoms with Crippen LogP contribution in [0.1, 0.15) is 77.2 Å². The first kappa shape index (κ1) is 29.1. The summed E-state index contributed by atoms with van der Waals surface area (Å²) in [5, 5.41) is 2.61. The Labute approximate surface area is 252 Å². The summed E-state index contributed by atoms with van der Waals surface area (Å²) in [4.78, 5) is 9.87. The summed E-state index contributed by atoms with van der Waals surface area (Å²) in [6.07, 6.45) is 0.905. The van der Waals surface area contributed by atoms with Crippen LogP contribution in [0.4, 0.5) is 0 Å². The molecule has 0 bridgehead atoms. The van der Waals surface area contributed by atoms with Crippen molar-refractivity contribution in [2.75, 3.05) is 7.11 Å². The first-order chi connectivity index (χ1) is 20.0.